The van der Waals surface area contributed by atoms with Gasteiger partial charge in [0.25, 0.3) is 5.91 Å². The third kappa shape index (κ3) is 3.20. The Labute approximate surface area is 153 Å². The van der Waals surface area contributed by atoms with Gasteiger partial charge in [-0.25, -0.2) is 4.39 Å². The largest absolute Gasteiger partial charge is 0.370 e. The summed E-state index contributed by atoms with van der Waals surface area (Å²) in [6, 6.07) is 7.02. The number of nitrogens with one attached hydrogen (secondary N) is 1. The first-order valence-electron chi connectivity index (χ1n) is 9.45. The number of halogens is 1. The van der Waals surface area contributed by atoms with Crippen molar-refractivity contribution in [2.24, 2.45) is 5.92 Å². The number of rotatable bonds is 5. The lowest BCUT2D eigenvalue weighted by Gasteiger charge is -2.21. The average molecular weight is 356 g/mol. The lowest BCUT2D eigenvalue weighted by molar-refractivity contribution is 0.102. The summed E-state index contributed by atoms with van der Waals surface area (Å²) in [5.41, 5.74) is 2.30. The zero-order chi connectivity index (χ0) is 18.3. The van der Waals surface area contributed by atoms with E-state index >= 15 is 0 Å². The van der Waals surface area contributed by atoms with Gasteiger partial charge in [0, 0.05) is 18.8 Å². The minimum Gasteiger partial charge on any atom is -0.370 e. The van der Waals surface area contributed by atoms with Crippen molar-refractivity contribution in [2.45, 2.75) is 45.6 Å². The molecule has 1 N–H and O–H groups in total. The Balaban J connectivity index is 1.58. The molecule has 4 rings (SSSR count). The maximum atomic E-state index is 14.4. The first-order valence-corrected chi connectivity index (χ1v) is 9.45. The molecule has 0 spiro atoms. The number of hydrogen-bond donors (Lipinski definition) is 1. The normalized spacial score (nSPS) is 18.2. The van der Waals surface area contributed by atoms with E-state index in [0.717, 1.165) is 37.3 Å². The third-order valence-electron chi connectivity index (χ3n) is 5.52. The van der Waals surface area contributed by atoms with Crippen molar-refractivity contribution in [3.05, 3.63) is 41.5 Å². The summed E-state index contributed by atoms with van der Waals surface area (Å²) in [5, 5.41) is 7.26. The van der Waals surface area contributed by atoms with Gasteiger partial charge < -0.3 is 10.2 Å². The molecule has 2 aliphatic rings. The number of carbonyl (C=O) groups excluding carboxylic acids is 1. The van der Waals surface area contributed by atoms with Crippen molar-refractivity contribution in [3.8, 4) is 0 Å². The van der Waals surface area contributed by atoms with Crippen molar-refractivity contribution in [3.63, 3.8) is 0 Å². The lowest BCUT2D eigenvalue weighted by Crippen LogP contribution is -2.22. The molecule has 1 aromatic carbocycles. The van der Waals surface area contributed by atoms with Crippen LogP contribution in [0, 0.1) is 18.7 Å². The molecule has 1 amide bonds. The predicted octanol–water partition coefficient (Wildman–Crippen LogP) is 4.15. The molecule has 26 heavy (non-hydrogen) atoms. The summed E-state index contributed by atoms with van der Waals surface area (Å²) in [5.74, 6) is -0.122. The Kier molecular flexibility index (Phi) is 4.42. The first kappa shape index (κ1) is 17.1. The van der Waals surface area contributed by atoms with E-state index in [2.05, 4.69) is 22.2 Å². The van der Waals surface area contributed by atoms with Crippen LogP contribution in [0.1, 0.15) is 54.8 Å². The van der Waals surface area contributed by atoms with Crippen molar-refractivity contribution in [2.75, 3.05) is 23.3 Å². The van der Waals surface area contributed by atoms with Gasteiger partial charge in [-0.15, -0.1) is 0 Å². The molecule has 6 heteroatoms. The topological polar surface area (TPSA) is 50.2 Å². The Bertz CT molecular complexity index is 821. The van der Waals surface area contributed by atoms with Crippen molar-refractivity contribution >= 4 is 17.3 Å². The molecule has 1 unspecified atom stereocenters. The van der Waals surface area contributed by atoms with E-state index in [1.807, 2.05) is 17.7 Å². The average Bonchev–Trinajstić information content (AvgIpc) is 3.18. The van der Waals surface area contributed by atoms with Crippen LogP contribution in [0.4, 0.5) is 15.8 Å². The zero-order valence-corrected chi connectivity index (χ0v) is 15.3. The number of aryl methyl sites for hydroxylation is 1. The molecule has 2 aromatic rings. The van der Waals surface area contributed by atoms with Gasteiger partial charge in [-0.3, -0.25) is 9.48 Å². The fourth-order valence-corrected chi connectivity index (χ4v) is 3.82. The van der Waals surface area contributed by atoms with E-state index in [0.29, 0.717) is 17.7 Å². The second-order valence-electron chi connectivity index (χ2n) is 7.48. The smallest absolute Gasteiger partial charge is 0.276 e. The number of amides is 1. The number of nitrogens with zero attached hydrogens (tertiary/aromatic N) is 3. The standard InChI is InChI=1S/C20H25FN4O/c1-13-12-17(23-25(13)14(2)15-8-9-15)20(26)22-19-16(21)6-5-7-18(19)24-10-3-4-11-24/h5-7,12,14-15H,3-4,8-11H2,1-2H3,(H,22,26). The van der Waals surface area contributed by atoms with Crippen LogP contribution in [0.3, 0.4) is 0 Å². The van der Waals surface area contributed by atoms with Crippen molar-refractivity contribution in [1.29, 1.82) is 0 Å². The van der Waals surface area contributed by atoms with Gasteiger partial charge in [-0.2, -0.15) is 5.10 Å². The van der Waals surface area contributed by atoms with Crippen LogP contribution in [0.2, 0.25) is 0 Å². The molecule has 1 aliphatic carbocycles. The molecule has 1 saturated heterocycles. The quantitative estimate of drug-likeness (QED) is 0.875. The molecule has 1 aromatic heterocycles. The fraction of sp³-hybridized carbons (Fsp3) is 0.500. The third-order valence-corrected chi connectivity index (χ3v) is 5.52. The number of aromatic nitrogens is 2. The van der Waals surface area contributed by atoms with E-state index in [4.69, 9.17) is 0 Å². The SMILES string of the molecule is Cc1cc(C(=O)Nc2c(F)cccc2N2CCCC2)nn1C(C)C1CC1. The molecule has 138 valence electrons. The molecular weight excluding hydrogens is 331 g/mol. The molecule has 5 nitrogen and oxygen atoms in total. The lowest BCUT2D eigenvalue weighted by atomic mass is 10.2. The summed E-state index contributed by atoms with van der Waals surface area (Å²) in [6.07, 6.45) is 4.62. The second kappa shape index (κ2) is 6.74. The van der Waals surface area contributed by atoms with E-state index < -0.39 is 5.82 Å². The molecule has 0 bridgehead atoms. The van der Waals surface area contributed by atoms with Crippen LogP contribution in [0.25, 0.3) is 0 Å². The summed E-state index contributed by atoms with van der Waals surface area (Å²) in [7, 11) is 0. The second-order valence-corrected chi connectivity index (χ2v) is 7.48. The highest BCUT2D eigenvalue weighted by molar-refractivity contribution is 6.04. The molecule has 1 atom stereocenters. The maximum absolute atomic E-state index is 14.4. The van der Waals surface area contributed by atoms with Crippen LogP contribution in [-0.2, 0) is 0 Å². The Morgan fingerprint density at radius 2 is 2.04 bits per heavy atom. The number of benzene rings is 1. The van der Waals surface area contributed by atoms with E-state index in [1.54, 1.807) is 12.1 Å². The fourth-order valence-electron chi connectivity index (χ4n) is 3.82. The highest BCUT2D eigenvalue weighted by Crippen LogP contribution is 2.39. The van der Waals surface area contributed by atoms with Gasteiger partial charge >= 0.3 is 0 Å². The van der Waals surface area contributed by atoms with Crippen LogP contribution in [0.5, 0.6) is 0 Å². The molecule has 0 radical (unpaired) electrons. The minimum absolute atomic E-state index is 0.252. The summed E-state index contributed by atoms with van der Waals surface area (Å²) in [6.45, 7) is 5.88. The monoisotopic (exact) mass is 356 g/mol. The zero-order valence-electron chi connectivity index (χ0n) is 15.3. The predicted molar refractivity (Wildman–Crippen MR) is 100 cm³/mol. The Hall–Kier alpha value is -2.37. The molecular formula is C20H25FN4O. The highest BCUT2D eigenvalue weighted by Gasteiger charge is 2.31. The number of anilines is 2. The Morgan fingerprint density at radius 3 is 2.73 bits per heavy atom. The van der Waals surface area contributed by atoms with Crippen LogP contribution in [-0.4, -0.2) is 28.8 Å². The van der Waals surface area contributed by atoms with Gasteiger partial charge in [0.1, 0.15) is 11.5 Å². The Morgan fingerprint density at radius 1 is 1.31 bits per heavy atom. The van der Waals surface area contributed by atoms with Crippen LogP contribution in [0.15, 0.2) is 24.3 Å². The van der Waals surface area contributed by atoms with Gasteiger partial charge in [0.15, 0.2) is 5.69 Å². The van der Waals surface area contributed by atoms with E-state index in [9.17, 15) is 9.18 Å². The summed E-state index contributed by atoms with van der Waals surface area (Å²) < 4.78 is 16.4. The van der Waals surface area contributed by atoms with Crippen molar-refractivity contribution < 1.29 is 9.18 Å². The summed E-state index contributed by atoms with van der Waals surface area (Å²) >= 11 is 0. The van der Waals surface area contributed by atoms with E-state index in [-0.39, 0.29) is 11.6 Å². The molecule has 2 fully saturated rings. The van der Waals surface area contributed by atoms with Crippen LogP contribution < -0.4 is 10.2 Å². The molecule has 1 saturated carbocycles. The highest BCUT2D eigenvalue weighted by atomic mass is 19.1. The minimum atomic E-state index is -0.412. The van der Waals surface area contributed by atoms with Crippen molar-refractivity contribution in [1.82, 2.24) is 9.78 Å². The van der Waals surface area contributed by atoms with Crippen LogP contribution >= 0.6 is 0 Å². The summed E-state index contributed by atoms with van der Waals surface area (Å²) in [4.78, 5) is 14.9. The van der Waals surface area contributed by atoms with Gasteiger partial charge in [-0.1, -0.05) is 6.07 Å². The number of hydrogen-bond acceptors (Lipinski definition) is 3. The maximum Gasteiger partial charge on any atom is 0.276 e. The molecule has 1 aliphatic heterocycles. The number of carbonyl (C=O) groups is 1. The van der Waals surface area contributed by atoms with E-state index in [1.165, 1.54) is 18.9 Å². The number of para-hydroxylation sites is 1. The van der Waals surface area contributed by atoms with Gasteiger partial charge in [0.05, 0.1) is 11.7 Å². The van der Waals surface area contributed by atoms with Gasteiger partial charge in [-0.05, 0) is 63.6 Å². The van der Waals surface area contributed by atoms with Gasteiger partial charge in [0.2, 0.25) is 0 Å². The molecule has 2 heterocycles. The first-order chi connectivity index (χ1) is 12.5.